The Morgan fingerprint density at radius 1 is 1.57 bits per heavy atom. The molecule has 1 fully saturated rings. The third-order valence-corrected chi connectivity index (χ3v) is 3.97. The van der Waals surface area contributed by atoms with Gasteiger partial charge >= 0.3 is 0 Å². The van der Waals surface area contributed by atoms with Crippen molar-refractivity contribution in [2.75, 3.05) is 11.9 Å². The third-order valence-electron chi connectivity index (χ3n) is 3.97. The summed E-state index contributed by atoms with van der Waals surface area (Å²) in [4.78, 5) is 16.6. The highest BCUT2D eigenvalue weighted by atomic mass is 19.1. The van der Waals surface area contributed by atoms with Gasteiger partial charge in [0.15, 0.2) is 0 Å². The Balaban J connectivity index is 1.91. The first-order valence-electron chi connectivity index (χ1n) is 7.18. The maximum absolute atomic E-state index is 13.3. The second-order valence-electron chi connectivity index (χ2n) is 5.27. The van der Waals surface area contributed by atoms with Crippen LogP contribution in [0.2, 0.25) is 0 Å². The van der Waals surface area contributed by atoms with E-state index in [1.807, 2.05) is 18.4 Å². The Kier molecular flexibility index (Phi) is 3.63. The highest BCUT2D eigenvalue weighted by molar-refractivity contribution is 5.93. The van der Waals surface area contributed by atoms with Crippen LogP contribution in [0.25, 0.3) is 11.0 Å². The number of rotatable bonds is 3. The number of hydrogen-bond acceptors (Lipinski definition) is 3. The average Bonchev–Trinajstić information content (AvgIpc) is 3.01. The molecule has 1 aromatic carbocycles. The molecular formula is C15H18FN3O2. The molecule has 6 heteroatoms. The van der Waals surface area contributed by atoms with E-state index >= 15 is 0 Å². The normalized spacial score (nSPS) is 21.9. The van der Waals surface area contributed by atoms with E-state index < -0.39 is 0 Å². The van der Waals surface area contributed by atoms with Gasteiger partial charge in [-0.2, -0.15) is 0 Å². The lowest BCUT2D eigenvalue weighted by Crippen LogP contribution is -2.29. The van der Waals surface area contributed by atoms with Gasteiger partial charge in [0.05, 0.1) is 23.1 Å². The number of ether oxygens (including phenoxy) is 1. The van der Waals surface area contributed by atoms with Crippen LogP contribution in [0.3, 0.4) is 0 Å². The number of imidazole rings is 1. The summed E-state index contributed by atoms with van der Waals surface area (Å²) in [6.45, 7) is 5.11. The van der Waals surface area contributed by atoms with E-state index in [0.717, 1.165) is 5.52 Å². The summed E-state index contributed by atoms with van der Waals surface area (Å²) in [5.41, 5.74) is 1.35. The maximum atomic E-state index is 13.3. The molecule has 5 nitrogen and oxygen atoms in total. The summed E-state index contributed by atoms with van der Waals surface area (Å²) in [7, 11) is 0. The molecule has 0 radical (unpaired) electrons. The fraction of sp³-hybridized carbons (Fsp3) is 0.467. The molecule has 1 aliphatic heterocycles. The van der Waals surface area contributed by atoms with E-state index in [9.17, 15) is 9.18 Å². The van der Waals surface area contributed by atoms with Gasteiger partial charge in [0.1, 0.15) is 5.82 Å². The Hall–Kier alpha value is -1.95. The fourth-order valence-corrected chi connectivity index (χ4v) is 2.80. The number of aryl methyl sites for hydroxylation is 1. The summed E-state index contributed by atoms with van der Waals surface area (Å²) in [6.07, 6.45) is 0.635. The number of halogens is 1. The summed E-state index contributed by atoms with van der Waals surface area (Å²) < 4.78 is 20.6. The zero-order chi connectivity index (χ0) is 15.0. The van der Waals surface area contributed by atoms with Crippen LogP contribution in [-0.2, 0) is 16.1 Å². The number of carbonyl (C=O) groups is 1. The van der Waals surface area contributed by atoms with E-state index in [0.29, 0.717) is 31.0 Å². The van der Waals surface area contributed by atoms with Crippen LogP contribution < -0.4 is 5.32 Å². The van der Waals surface area contributed by atoms with Gasteiger partial charge in [-0.15, -0.1) is 0 Å². The first-order chi connectivity index (χ1) is 10.1. The maximum Gasteiger partial charge on any atom is 0.232 e. The summed E-state index contributed by atoms with van der Waals surface area (Å²) in [6, 6.07) is 4.45. The summed E-state index contributed by atoms with van der Waals surface area (Å²) >= 11 is 0. The molecule has 21 heavy (non-hydrogen) atoms. The topological polar surface area (TPSA) is 56.2 Å². The van der Waals surface area contributed by atoms with Crippen molar-refractivity contribution in [2.24, 2.45) is 5.92 Å². The van der Waals surface area contributed by atoms with Gasteiger partial charge in [0.2, 0.25) is 11.9 Å². The lowest BCUT2D eigenvalue weighted by atomic mass is 10.0. The molecule has 0 bridgehead atoms. The molecule has 1 N–H and O–H groups in total. The van der Waals surface area contributed by atoms with Crippen molar-refractivity contribution in [3.05, 3.63) is 24.0 Å². The highest BCUT2D eigenvalue weighted by Gasteiger charge is 2.31. The van der Waals surface area contributed by atoms with Gasteiger partial charge in [0.25, 0.3) is 0 Å². The molecule has 1 aliphatic rings. The molecule has 0 spiro atoms. The molecule has 1 aromatic heterocycles. The van der Waals surface area contributed by atoms with E-state index in [2.05, 4.69) is 10.3 Å². The molecule has 2 aromatic rings. The number of carbonyl (C=O) groups excluding carboxylic acids is 1. The second-order valence-corrected chi connectivity index (χ2v) is 5.27. The van der Waals surface area contributed by atoms with Gasteiger partial charge in [-0.3, -0.25) is 10.1 Å². The first kappa shape index (κ1) is 14.0. The Morgan fingerprint density at radius 3 is 3.05 bits per heavy atom. The minimum atomic E-state index is -0.334. The number of fused-ring (bicyclic) bond motifs is 1. The van der Waals surface area contributed by atoms with Crippen LogP contribution in [0.4, 0.5) is 10.3 Å². The van der Waals surface area contributed by atoms with E-state index in [1.54, 1.807) is 6.07 Å². The summed E-state index contributed by atoms with van der Waals surface area (Å²) in [5, 5.41) is 2.85. The van der Waals surface area contributed by atoms with E-state index in [1.165, 1.54) is 12.1 Å². The first-order valence-corrected chi connectivity index (χ1v) is 7.18. The number of nitrogens with zero attached hydrogens (tertiary/aromatic N) is 2. The standard InChI is InChI=1S/C15H18FN3O2/c1-3-19-13-5-4-10(16)8-12(13)17-15(19)18-14(20)11-6-7-21-9(11)2/h4-5,8-9,11H,3,6-7H2,1-2H3,(H,17,18,20)/t9-,11+/m0/s1. The molecule has 2 heterocycles. The lowest BCUT2D eigenvalue weighted by molar-refractivity contribution is -0.121. The van der Waals surface area contributed by atoms with Gasteiger partial charge in [-0.1, -0.05) is 0 Å². The molecule has 1 saturated heterocycles. The number of benzene rings is 1. The number of anilines is 1. The van der Waals surface area contributed by atoms with Crippen molar-refractivity contribution in [3.8, 4) is 0 Å². The molecule has 112 valence electrons. The van der Waals surface area contributed by atoms with Gasteiger partial charge in [-0.25, -0.2) is 9.37 Å². The summed E-state index contributed by atoms with van der Waals surface area (Å²) in [5.74, 6) is -0.126. The van der Waals surface area contributed by atoms with E-state index in [-0.39, 0.29) is 23.7 Å². The van der Waals surface area contributed by atoms with Crippen LogP contribution >= 0.6 is 0 Å². The molecule has 0 unspecified atom stereocenters. The predicted molar refractivity (Wildman–Crippen MR) is 77.5 cm³/mol. The predicted octanol–water partition coefficient (Wildman–Crippen LogP) is 2.56. The quantitative estimate of drug-likeness (QED) is 0.945. The van der Waals surface area contributed by atoms with Gasteiger partial charge < -0.3 is 9.30 Å². The van der Waals surface area contributed by atoms with Gasteiger partial charge in [-0.05, 0) is 32.4 Å². The van der Waals surface area contributed by atoms with Crippen molar-refractivity contribution in [3.63, 3.8) is 0 Å². The second kappa shape index (κ2) is 5.44. The van der Waals surface area contributed by atoms with Crippen LogP contribution in [0.1, 0.15) is 20.3 Å². The monoisotopic (exact) mass is 291 g/mol. The molecule has 3 rings (SSSR count). The Morgan fingerprint density at radius 2 is 2.38 bits per heavy atom. The Bertz CT molecular complexity index is 683. The molecule has 1 amide bonds. The molecular weight excluding hydrogens is 273 g/mol. The van der Waals surface area contributed by atoms with E-state index in [4.69, 9.17) is 4.74 Å². The average molecular weight is 291 g/mol. The lowest BCUT2D eigenvalue weighted by Gasteiger charge is -2.14. The number of amides is 1. The zero-order valence-corrected chi connectivity index (χ0v) is 12.1. The fourth-order valence-electron chi connectivity index (χ4n) is 2.80. The smallest absolute Gasteiger partial charge is 0.232 e. The number of hydrogen-bond donors (Lipinski definition) is 1. The molecule has 0 aliphatic carbocycles. The third kappa shape index (κ3) is 2.51. The minimum absolute atomic E-state index is 0.0816. The number of aromatic nitrogens is 2. The van der Waals surface area contributed by atoms with Gasteiger partial charge in [0, 0.05) is 19.2 Å². The number of nitrogens with one attached hydrogen (secondary N) is 1. The molecule has 2 atom stereocenters. The van der Waals surface area contributed by atoms with Crippen LogP contribution in [0.15, 0.2) is 18.2 Å². The van der Waals surface area contributed by atoms with Crippen molar-refractivity contribution < 1.29 is 13.9 Å². The van der Waals surface area contributed by atoms with Crippen molar-refractivity contribution in [1.29, 1.82) is 0 Å². The highest BCUT2D eigenvalue weighted by Crippen LogP contribution is 2.24. The Labute approximate surface area is 122 Å². The van der Waals surface area contributed by atoms with Crippen molar-refractivity contribution in [1.82, 2.24) is 9.55 Å². The zero-order valence-electron chi connectivity index (χ0n) is 12.1. The van der Waals surface area contributed by atoms with Crippen molar-refractivity contribution >= 4 is 22.9 Å². The SMILES string of the molecule is CCn1c(NC(=O)[C@@H]2CCO[C@H]2C)nc2cc(F)ccc21. The van der Waals surface area contributed by atoms with Crippen LogP contribution in [0.5, 0.6) is 0 Å². The molecule has 0 saturated carbocycles. The van der Waals surface area contributed by atoms with Crippen LogP contribution in [0, 0.1) is 11.7 Å². The van der Waals surface area contributed by atoms with Crippen molar-refractivity contribution in [2.45, 2.75) is 32.9 Å². The van der Waals surface area contributed by atoms with Crippen LogP contribution in [-0.4, -0.2) is 28.2 Å². The minimum Gasteiger partial charge on any atom is -0.378 e. The largest absolute Gasteiger partial charge is 0.378 e.